The van der Waals surface area contributed by atoms with Crippen LogP contribution in [0.4, 0.5) is 0 Å². The molecule has 1 atom stereocenters. The second kappa shape index (κ2) is 6.22. The SMILES string of the molecule is CC(=O)NC(CCC(=O)O)Cc1cscn1. The second-order valence-electron chi connectivity index (χ2n) is 3.51. The normalized spacial score (nSPS) is 12.1. The van der Waals surface area contributed by atoms with Crippen LogP contribution in [0.15, 0.2) is 10.9 Å². The molecule has 1 amide bonds. The molecule has 1 aromatic rings. The van der Waals surface area contributed by atoms with Crippen molar-refractivity contribution in [2.24, 2.45) is 0 Å². The summed E-state index contributed by atoms with van der Waals surface area (Å²) in [6.45, 7) is 1.43. The predicted molar refractivity (Wildman–Crippen MR) is 60.3 cm³/mol. The van der Waals surface area contributed by atoms with Gasteiger partial charge in [0.25, 0.3) is 0 Å². The van der Waals surface area contributed by atoms with Crippen LogP contribution >= 0.6 is 11.3 Å². The van der Waals surface area contributed by atoms with E-state index in [1.807, 2.05) is 5.38 Å². The van der Waals surface area contributed by atoms with Gasteiger partial charge >= 0.3 is 5.97 Å². The van der Waals surface area contributed by atoms with Gasteiger partial charge in [0.05, 0.1) is 11.2 Å². The molecule has 1 aromatic heterocycles. The van der Waals surface area contributed by atoms with Gasteiger partial charge in [-0.15, -0.1) is 11.3 Å². The van der Waals surface area contributed by atoms with Gasteiger partial charge in [-0.25, -0.2) is 4.98 Å². The smallest absolute Gasteiger partial charge is 0.303 e. The molecular weight excluding hydrogens is 228 g/mol. The second-order valence-corrected chi connectivity index (χ2v) is 4.23. The number of aliphatic carboxylic acids is 1. The van der Waals surface area contributed by atoms with Crippen LogP contribution in [0.5, 0.6) is 0 Å². The van der Waals surface area contributed by atoms with Crippen LogP contribution in [0.1, 0.15) is 25.5 Å². The monoisotopic (exact) mass is 242 g/mol. The predicted octanol–water partition coefficient (Wildman–Crippen LogP) is 1.06. The fourth-order valence-electron chi connectivity index (χ4n) is 1.40. The first-order valence-electron chi connectivity index (χ1n) is 4.94. The van der Waals surface area contributed by atoms with Crippen molar-refractivity contribution >= 4 is 23.2 Å². The molecule has 1 unspecified atom stereocenters. The summed E-state index contributed by atoms with van der Waals surface area (Å²) < 4.78 is 0. The van der Waals surface area contributed by atoms with Crippen molar-refractivity contribution < 1.29 is 14.7 Å². The number of hydrogen-bond acceptors (Lipinski definition) is 4. The lowest BCUT2D eigenvalue weighted by Gasteiger charge is -2.15. The molecule has 0 spiro atoms. The molecule has 0 radical (unpaired) electrons. The van der Waals surface area contributed by atoms with Gasteiger partial charge in [-0.2, -0.15) is 0 Å². The molecule has 2 N–H and O–H groups in total. The highest BCUT2D eigenvalue weighted by atomic mass is 32.1. The van der Waals surface area contributed by atoms with Crippen LogP contribution < -0.4 is 5.32 Å². The molecule has 0 aromatic carbocycles. The van der Waals surface area contributed by atoms with Crippen molar-refractivity contribution in [3.8, 4) is 0 Å². The Kier molecular flexibility index (Phi) is 4.91. The number of aromatic nitrogens is 1. The lowest BCUT2D eigenvalue weighted by molar-refractivity contribution is -0.137. The minimum Gasteiger partial charge on any atom is -0.481 e. The average Bonchev–Trinajstić information content (AvgIpc) is 2.66. The highest BCUT2D eigenvalue weighted by Gasteiger charge is 2.13. The summed E-state index contributed by atoms with van der Waals surface area (Å²) in [6.07, 6.45) is 1.05. The quantitative estimate of drug-likeness (QED) is 0.781. The van der Waals surface area contributed by atoms with Gasteiger partial charge < -0.3 is 10.4 Å². The van der Waals surface area contributed by atoms with Gasteiger partial charge in [-0.1, -0.05) is 0 Å². The van der Waals surface area contributed by atoms with Crippen molar-refractivity contribution in [2.75, 3.05) is 0 Å². The van der Waals surface area contributed by atoms with Crippen LogP contribution in [-0.2, 0) is 16.0 Å². The topological polar surface area (TPSA) is 79.3 Å². The van der Waals surface area contributed by atoms with E-state index in [-0.39, 0.29) is 18.4 Å². The number of nitrogens with one attached hydrogen (secondary N) is 1. The van der Waals surface area contributed by atoms with Crippen LogP contribution in [0.3, 0.4) is 0 Å². The van der Waals surface area contributed by atoms with Gasteiger partial charge in [0.2, 0.25) is 5.91 Å². The lowest BCUT2D eigenvalue weighted by Crippen LogP contribution is -2.35. The third kappa shape index (κ3) is 4.88. The van der Waals surface area contributed by atoms with E-state index < -0.39 is 5.97 Å². The zero-order valence-electron chi connectivity index (χ0n) is 8.97. The molecule has 16 heavy (non-hydrogen) atoms. The molecule has 88 valence electrons. The maximum Gasteiger partial charge on any atom is 0.303 e. The first-order valence-corrected chi connectivity index (χ1v) is 5.88. The van der Waals surface area contributed by atoms with E-state index in [0.29, 0.717) is 12.8 Å². The first-order chi connectivity index (χ1) is 7.58. The van der Waals surface area contributed by atoms with E-state index in [0.717, 1.165) is 5.69 Å². The molecule has 1 rings (SSSR count). The Morgan fingerprint density at radius 2 is 2.38 bits per heavy atom. The van der Waals surface area contributed by atoms with Crippen molar-refractivity contribution in [3.05, 3.63) is 16.6 Å². The zero-order valence-corrected chi connectivity index (χ0v) is 9.79. The standard InChI is InChI=1S/C10H14N2O3S/c1-7(13)12-8(2-3-10(14)15)4-9-5-16-6-11-9/h5-6,8H,2-4H2,1H3,(H,12,13)(H,14,15). The number of rotatable bonds is 6. The highest BCUT2D eigenvalue weighted by molar-refractivity contribution is 7.07. The number of amides is 1. The van der Waals surface area contributed by atoms with Crippen LogP contribution in [0, 0.1) is 0 Å². The molecule has 1 heterocycles. The number of thiazole rings is 1. The van der Waals surface area contributed by atoms with E-state index in [4.69, 9.17) is 5.11 Å². The van der Waals surface area contributed by atoms with E-state index in [1.165, 1.54) is 18.3 Å². The van der Waals surface area contributed by atoms with Crippen LogP contribution in [-0.4, -0.2) is 28.0 Å². The van der Waals surface area contributed by atoms with Crippen molar-refractivity contribution in [3.63, 3.8) is 0 Å². The maximum absolute atomic E-state index is 11.0. The highest BCUT2D eigenvalue weighted by Crippen LogP contribution is 2.08. The summed E-state index contributed by atoms with van der Waals surface area (Å²) in [6, 6.07) is -0.157. The molecule has 0 saturated heterocycles. The minimum absolute atomic E-state index is 0.0507. The third-order valence-corrected chi connectivity index (χ3v) is 2.69. The molecule has 6 heteroatoms. The Balaban J connectivity index is 2.49. The van der Waals surface area contributed by atoms with Gasteiger partial charge in [0, 0.05) is 31.2 Å². The molecule has 0 aliphatic heterocycles. The number of nitrogens with zero attached hydrogens (tertiary/aromatic N) is 1. The Morgan fingerprint density at radius 1 is 1.62 bits per heavy atom. The number of carboxylic acid groups (broad SMARTS) is 1. The van der Waals surface area contributed by atoms with Gasteiger partial charge in [-0.05, 0) is 6.42 Å². The molecular formula is C10H14N2O3S. The Labute approximate surface area is 97.5 Å². The summed E-state index contributed by atoms with van der Waals surface area (Å²) in [7, 11) is 0. The van der Waals surface area contributed by atoms with Crippen molar-refractivity contribution in [1.82, 2.24) is 10.3 Å². The Hall–Kier alpha value is -1.43. The van der Waals surface area contributed by atoms with Gasteiger partial charge in [0.15, 0.2) is 0 Å². The average molecular weight is 242 g/mol. The van der Waals surface area contributed by atoms with Crippen molar-refractivity contribution in [2.45, 2.75) is 32.2 Å². The summed E-state index contributed by atoms with van der Waals surface area (Å²) in [5, 5.41) is 13.2. The number of carboxylic acids is 1. The van der Waals surface area contributed by atoms with Crippen LogP contribution in [0.25, 0.3) is 0 Å². The van der Waals surface area contributed by atoms with E-state index in [1.54, 1.807) is 5.51 Å². The van der Waals surface area contributed by atoms with Crippen LogP contribution in [0.2, 0.25) is 0 Å². The van der Waals surface area contributed by atoms with Crippen molar-refractivity contribution in [1.29, 1.82) is 0 Å². The minimum atomic E-state index is -0.853. The fourth-order valence-corrected chi connectivity index (χ4v) is 1.97. The third-order valence-electron chi connectivity index (χ3n) is 2.05. The first kappa shape index (κ1) is 12.6. The Morgan fingerprint density at radius 3 is 2.88 bits per heavy atom. The van der Waals surface area contributed by atoms with Gasteiger partial charge in [-0.3, -0.25) is 9.59 Å². The fraction of sp³-hybridized carbons (Fsp3) is 0.500. The lowest BCUT2D eigenvalue weighted by atomic mass is 10.1. The van der Waals surface area contributed by atoms with E-state index >= 15 is 0 Å². The molecule has 0 aliphatic carbocycles. The number of carbonyl (C=O) groups is 2. The Bertz CT molecular complexity index is 351. The summed E-state index contributed by atoms with van der Waals surface area (Å²) in [5.74, 6) is -1.00. The number of carbonyl (C=O) groups excluding carboxylic acids is 1. The van der Waals surface area contributed by atoms with E-state index in [2.05, 4.69) is 10.3 Å². The zero-order chi connectivity index (χ0) is 12.0. The van der Waals surface area contributed by atoms with E-state index in [9.17, 15) is 9.59 Å². The molecule has 5 nitrogen and oxygen atoms in total. The number of hydrogen-bond donors (Lipinski definition) is 2. The molecule has 0 fully saturated rings. The molecule has 0 aliphatic rings. The molecule has 0 saturated carbocycles. The summed E-state index contributed by atoms with van der Waals surface area (Å²) in [4.78, 5) is 25.5. The van der Waals surface area contributed by atoms with Gasteiger partial charge in [0.1, 0.15) is 0 Å². The molecule has 0 bridgehead atoms. The summed E-state index contributed by atoms with van der Waals surface area (Å²) in [5.41, 5.74) is 2.60. The maximum atomic E-state index is 11.0. The largest absolute Gasteiger partial charge is 0.481 e. The summed E-state index contributed by atoms with van der Waals surface area (Å²) >= 11 is 1.48.